The average Bonchev–Trinajstić information content (AvgIpc) is 2.83. The van der Waals surface area contributed by atoms with Crippen molar-refractivity contribution < 1.29 is 9.90 Å². The minimum Gasteiger partial charge on any atom is -0.392 e. The molecule has 1 aliphatic rings. The molecule has 2 N–H and O–H groups in total. The molecule has 1 saturated heterocycles. The van der Waals surface area contributed by atoms with E-state index in [1.807, 2.05) is 6.07 Å². The summed E-state index contributed by atoms with van der Waals surface area (Å²) in [7, 11) is 0. The number of benzene rings is 1. The van der Waals surface area contributed by atoms with Gasteiger partial charge in [0.05, 0.1) is 17.7 Å². The Morgan fingerprint density at radius 2 is 2.21 bits per heavy atom. The van der Waals surface area contributed by atoms with Crippen molar-refractivity contribution in [1.29, 1.82) is 5.26 Å². The zero-order chi connectivity index (χ0) is 13.7. The van der Waals surface area contributed by atoms with Crippen molar-refractivity contribution in [3.8, 4) is 6.07 Å². The van der Waals surface area contributed by atoms with E-state index < -0.39 is 0 Å². The summed E-state index contributed by atoms with van der Waals surface area (Å²) in [5.74, 6) is -0.0499. The molecule has 5 nitrogen and oxygen atoms in total. The second-order valence-electron chi connectivity index (χ2n) is 4.73. The van der Waals surface area contributed by atoms with Crippen LogP contribution in [0.25, 0.3) is 0 Å². The van der Waals surface area contributed by atoms with Gasteiger partial charge < -0.3 is 15.3 Å². The Balaban J connectivity index is 1.76. The van der Waals surface area contributed by atoms with E-state index in [-0.39, 0.29) is 12.0 Å². The normalized spacial score (nSPS) is 19.1. The Morgan fingerprint density at radius 1 is 1.47 bits per heavy atom. The zero-order valence-corrected chi connectivity index (χ0v) is 10.7. The van der Waals surface area contributed by atoms with Crippen molar-refractivity contribution in [3.63, 3.8) is 0 Å². The highest BCUT2D eigenvalue weighted by Crippen LogP contribution is 2.11. The summed E-state index contributed by atoms with van der Waals surface area (Å²) in [5, 5.41) is 20.8. The summed E-state index contributed by atoms with van der Waals surface area (Å²) in [5.41, 5.74) is 1.27. The van der Waals surface area contributed by atoms with Gasteiger partial charge in [-0.2, -0.15) is 5.26 Å². The number of nitrogens with one attached hydrogen (secondary N) is 1. The lowest BCUT2D eigenvalue weighted by Gasteiger charge is -2.14. The van der Waals surface area contributed by atoms with Gasteiger partial charge in [0, 0.05) is 31.7 Å². The first kappa shape index (κ1) is 13.5. The van der Waals surface area contributed by atoms with Crippen LogP contribution in [0.4, 0.5) is 5.69 Å². The van der Waals surface area contributed by atoms with Crippen molar-refractivity contribution in [2.75, 3.05) is 25.0 Å². The summed E-state index contributed by atoms with van der Waals surface area (Å²) in [6, 6.07) is 8.81. The molecule has 0 aromatic heterocycles. The van der Waals surface area contributed by atoms with E-state index in [0.717, 1.165) is 13.0 Å². The van der Waals surface area contributed by atoms with E-state index in [0.29, 0.717) is 30.8 Å². The van der Waals surface area contributed by atoms with Gasteiger partial charge in [-0.15, -0.1) is 0 Å². The van der Waals surface area contributed by atoms with E-state index >= 15 is 0 Å². The number of likely N-dealkylation sites (tertiary alicyclic amines) is 1. The number of carbonyl (C=O) groups excluding carboxylic acids is 1. The average molecular weight is 259 g/mol. The standard InChI is InChI=1S/C14H17N3O2/c15-9-11-1-3-12(4-2-11)16-14(19)6-8-17-7-5-13(18)10-17/h1-4,13,18H,5-8,10H2,(H,16,19)/t13-/m0/s1. The van der Waals surface area contributed by atoms with Gasteiger partial charge >= 0.3 is 0 Å². The molecule has 100 valence electrons. The van der Waals surface area contributed by atoms with E-state index in [1.165, 1.54) is 0 Å². The molecule has 19 heavy (non-hydrogen) atoms. The Hall–Kier alpha value is -1.90. The largest absolute Gasteiger partial charge is 0.392 e. The van der Waals surface area contributed by atoms with Crippen LogP contribution in [0.3, 0.4) is 0 Å². The highest BCUT2D eigenvalue weighted by molar-refractivity contribution is 5.90. The second-order valence-corrected chi connectivity index (χ2v) is 4.73. The summed E-state index contributed by atoms with van der Waals surface area (Å²) >= 11 is 0. The fraction of sp³-hybridized carbons (Fsp3) is 0.429. The quantitative estimate of drug-likeness (QED) is 0.844. The molecule has 1 heterocycles. The first-order chi connectivity index (χ1) is 9.17. The third kappa shape index (κ3) is 4.05. The Bertz CT molecular complexity index is 478. The van der Waals surface area contributed by atoms with Crippen LogP contribution in [0.1, 0.15) is 18.4 Å². The van der Waals surface area contributed by atoms with Gasteiger partial charge in [-0.25, -0.2) is 0 Å². The molecule has 0 bridgehead atoms. The Labute approximate surface area is 112 Å². The van der Waals surface area contributed by atoms with Crippen LogP contribution in [0, 0.1) is 11.3 Å². The van der Waals surface area contributed by atoms with Gasteiger partial charge in [0.1, 0.15) is 0 Å². The molecule has 1 aliphatic heterocycles. The number of aliphatic hydroxyl groups is 1. The first-order valence-corrected chi connectivity index (χ1v) is 6.38. The Morgan fingerprint density at radius 3 is 2.79 bits per heavy atom. The van der Waals surface area contributed by atoms with Crippen molar-refractivity contribution in [1.82, 2.24) is 4.90 Å². The predicted octanol–water partition coefficient (Wildman–Crippen LogP) is 0.953. The molecule has 1 aromatic rings. The van der Waals surface area contributed by atoms with Crippen LogP contribution in [-0.2, 0) is 4.79 Å². The number of aliphatic hydroxyl groups excluding tert-OH is 1. The van der Waals surface area contributed by atoms with E-state index in [9.17, 15) is 9.90 Å². The summed E-state index contributed by atoms with van der Waals surface area (Å²) in [4.78, 5) is 13.8. The minimum atomic E-state index is -0.249. The van der Waals surface area contributed by atoms with Crippen LogP contribution in [0.5, 0.6) is 0 Å². The fourth-order valence-electron chi connectivity index (χ4n) is 2.13. The maximum absolute atomic E-state index is 11.7. The lowest BCUT2D eigenvalue weighted by atomic mass is 10.2. The molecule has 0 saturated carbocycles. The molecule has 0 unspecified atom stereocenters. The number of amides is 1. The third-order valence-corrected chi connectivity index (χ3v) is 3.20. The summed E-state index contributed by atoms with van der Waals surface area (Å²) < 4.78 is 0. The highest BCUT2D eigenvalue weighted by Gasteiger charge is 2.20. The number of nitriles is 1. The van der Waals surface area contributed by atoms with Crippen molar-refractivity contribution in [2.24, 2.45) is 0 Å². The monoisotopic (exact) mass is 259 g/mol. The first-order valence-electron chi connectivity index (χ1n) is 6.38. The molecule has 0 aliphatic carbocycles. The number of anilines is 1. The van der Waals surface area contributed by atoms with Gasteiger partial charge in [-0.05, 0) is 30.7 Å². The van der Waals surface area contributed by atoms with Crippen molar-refractivity contribution >= 4 is 11.6 Å². The molecule has 1 fully saturated rings. The highest BCUT2D eigenvalue weighted by atomic mass is 16.3. The zero-order valence-electron chi connectivity index (χ0n) is 10.7. The van der Waals surface area contributed by atoms with Gasteiger partial charge in [-0.3, -0.25) is 4.79 Å². The molecule has 0 radical (unpaired) electrons. The molecule has 2 rings (SSSR count). The lowest BCUT2D eigenvalue weighted by molar-refractivity contribution is -0.116. The molecular weight excluding hydrogens is 242 g/mol. The van der Waals surface area contributed by atoms with Gasteiger partial charge in [0.15, 0.2) is 0 Å². The molecule has 5 heteroatoms. The number of carbonyl (C=O) groups is 1. The van der Waals surface area contributed by atoms with Crippen molar-refractivity contribution in [2.45, 2.75) is 18.9 Å². The smallest absolute Gasteiger partial charge is 0.225 e. The maximum Gasteiger partial charge on any atom is 0.225 e. The molecule has 1 aromatic carbocycles. The SMILES string of the molecule is N#Cc1ccc(NC(=O)CCN2CC[C@H](O)C2)cc1. The maximum atomic E-state index is 11.7. The van der Waals surface area contributed by atoms with E-state index in [4.69, 9.17) is 5.26 Å². The molecule has 1 atom stereocenters. The minimum absolute atomic E-state index is 0.0499. The lowest BCUT2D eigenvalue weighted by Crippen LogP contribution is -2.26. The second kappa shape index (κ2) is 6.32. The topological polar surface area (TPSA) is 76.4 Å². The number of nitrogens with zero attached hydrogens (tertiary/aromatic N) is 2. The fourth-order valence-corrected chi connectivity index (χ4v) is 2.13. The van der Waals surface area contributed by atoms with E-state index in [1.54, 1.807) is 24.3 Å². The van der Waals surface area contributed by atoms with Gasteiger partial charge in [0.2, 0.25) is 5.91 Å². The van der Waals surface area contributed by atoms with Crippen LogP contribution in [0.15, 0.2) is 24.3 Å². The molecule has 1 amide bonds. The number of rotatable bonds is 4. The van der Waals surface area contributed by atoms with Crippen molar-refractivity contribution in [3.05, 3.63) is 29.8 Å². The predicted molar refractivity (Wildman–Crippen MR) is 71.5 cm³/mol. The summed E-state index contributed by atoms with van der Waals surface area (Å²) in [6.45, 7) is 2.18. The van der Waals surface area contributed by atoms with Crippen LogP contribution in [0.2, 0.25) is 0 Å². The molecule has 0 spiro atoms. The number of β-amino-alcohol motifs (C(OH)–C–C–N with tert-alkyl or cyclic N) is 1. The van der Waals surface area contributed by atoms with Gasteiger partial charge in [0.25, 0.3) is 0 Å². The van der Waals surface area contributed by atoms with Gasteiger partial charge in [-0.1, -0.05) is 0 Å². The van der Waals surface area contributed by atoms with E-state index in [2.05, 4.69) is 10.2 Å². The Kier molecular flexibility index (Phi) is 4.50. The van der Waals surface area contributed by atoms with Crippen LogP contribution < -0.4 is 5.32 Å². The van der Waals surface area contributed by atoms with Crippen LogP contribution in [-0.4, -0.2) is 41.7 Å². The third-order valence-electron chi connectivity index (χ3n) is 3.20. The summed E-state index contributed by atoms with van der Waals surface area (Å²) in [6.07, 6.45) is 0.950. The number of hydrogen-bond donors (Lipinski definition) is 2. The molecular formula is C14H17N3O2. The van der Waals surface area contributed by atoms with Crippen LogP contribution >= 0.6 is 0 Å². The number of hydrogen-bond acceptors (Lipinski definition) is 4.